The molecule has 0 N–H and O–H groups in total. The number of rotatable bonds is 2. The largest absolute Gasteiger partial charge is 0.445 e. The summed E-state index contributed by atoms with van der Waals surface area (Å²) < 4.78 is 5.69. The van der Waals surface area contributed by atoms with Gasteiger partial charge in [0.1, 0.15) is 12.2 Å². The zero-order valence-electron chi connectivity index (χ0n) is 14.4. The van der Waals surface area contributed by atoms with Gasteiger partial charge in [0.15, 0.2) is 5.60 Å². The molecule has 3 rings (SSSR count). The Morgan fingerprint density at radius 1 is 1.21 bits per heavy atom. The zero-order chi connectivity index (χ0) is 17.2. The van der Waals surface area contributed by atoms with Crippen LogP contribution in [0.2, 0.25) is 0 Å². The molecule has 0 bridgehead atoms. The van der Waals surface area contributed by atoms with Crippen LogP contribution in [0, 0.1) is 17.8 Å². The van der Waals surface area contributed by atoms with Gasteiger partial charge in [-0.1, -0.05) is 44.7 Å². The molecule has 24 heavy (non-hydrogen) atoms. The lowest BCUT2D eigenvalue weighted by Gasteiger charge is -2.36. The molecule has 1 aliphatic carbocycles. The van der Waals surface area contributed by atoms with Crippen molar-refractivity contribution in [3.8, 4) is 11.8 Å². The maximum atomic E-state index is 12.0. The van der Waals surface area contributed by atoms with E-state index in [1.807, 2.05) is 12.1 Å². The Bertz CT molecular complexity index is 683. The summed E-state index contributed by atoms with van der Waals surface area (Å²) in [5.74, 6) is 6.52. The monoisotopic (exact) mass is 324 g/mol. The highest BCUT2D eigenvalue weighted by Gasteiger charge is 2.47. The fourth-order valence-corrected chi connectivity index (χ4v) is 3.74. The average Bonchev–Trinajstić information content (AvgIpc) is 3.07. The Balaban J connectivity index is 1.94. The van der Waals surface area contributed by atoms with Gasteiger partial charge in [0.25, 0.3) is 0 Å². The molecule has 3 heteroatoms. The van der Waals surface area contributed by atoms with E-state index in [2.05, 4.69) is 37.8 Å². The van der Waals surface area contributed by atoms with Gasteiger partial charge in [-0.3, -0.25) is 9.59 Å². The summed E-state index contributed by atoms with van der Waals surface area (Å²) in [7, 11) is 0. The van der Waals surface area contributed by atoms with Crippen LogP contribution >= 0.6 is 0 Å². The number of cyclic esters (lactones) is 1. The van der Waals surface area contributed by atoms with Crippen molar-refractivity contribution in [3.05, 3.63) is 35.4 Å². The second-order valence-corrected chi connectivity index (χ2v) is 7.27. The van der Waals surface area contributed by atoms with Crippen molar-refractivity contribution in [1.82, 2.24) is 0 Å². The van der Waals surface area contributed by atoms with E-state index in [1.54, 1.807) is 0 Å². The van der Waals surface area contributed by atoms with Crippen molar-refractivity contribution in [2.24, 2.45) is 5.92 Å². The predicted octanol–water partition coefficient (Wildman–Crippen LogP) is 4.00. The number of carbonyl (C=O) groups is 2. The maximum absolute atomic E-state index is 12.0. The van der Waals surface area contributed by atoms with Gasteiger partial charge in [-0.15, -0.1) is 0 Å². The normalized spacial score (nSPS) is 24.6. The fraction of sp³-hybridized carbons (Fsp3) is 0.524. The van der Waals surface area contributed by atoms with Crippen LogP contribution in [0.15, 0.2) is 24.3 Å². The Morgan fingerprint density at radius 2 is 1.96 bits per heavy atom. The average molecular weight is 324 g/mol. The van der Waals surface area contributed by atoms with Crippen molar-refractivity contribution >= 4 is 11.8 Å². The number of hydrogen-bond acceptors (Lipinski definition) is 3. The second kappa shape index (κ2) is 6.81. The molecule has 3 nitrogen and oxygen atoms in total. The molecule has 1 aromatic rings. The summed E-state index contributed by atoms with van der Waals surface area (Å²) in [6.07, 6.45) is 4.30. The van der Waals surface area contributed by atoms with Crippen LogP contribution < -0.4 is 0 Å². The minimum absolute atomic E-state index is 0.0524. The lowest BCUT2D eigenvalue weighted by atomic mass is 9.80. The molecule has 2 fully saturated rings. The molecule has 1 saturated heterocycles. The van der Waals surface area contributed by atoms with E-state index in [-0.39, 0.29) is 24.5 Å². The molecule has 0 radical (unpaired) electrons. The topological polar surface area (TPSA) is 43.4 Å². The van der Waals surface area contributed by atoms with Crippen molar-refractivity contribution in [2.75, 3.05) is 0 Å². The number of hydrogen-bond donors (Lipinski definition) is 0. The molecule has 1 saturated carbocycles. The third-order valence-corrected chi connectivity index (χ3v) is 5.08. The number of esters is 1. The van der Waals surface area contributed by atoms with Crippen molar-refractivity contribution in [1.29, 1.82) is 0 Å². The number of ketones is 1. The third kappa shape index (κ3) is 3.53. The van der Waals surface area contributed by atoms with E-state index in [9.17, 15) is 9.59 Å². The van der Waals surface area contributed by atoms with Gasteiger partial charge in [0.05, 0.1) is 6.42 Å². The first-order valence-corrected chi connectivity index (χ1v) is 8.85. The second-order valence-electron chi connectivity index (χ2n) is 7.27. The Morgan fingerprint density at radius 3 is 2.62 bits per heavy atom. The number of benzene rings is 1. The highest BCUT2D eigenvalue weighted by atomic mass is 16.6. The van der Waals surface area contributed by atoms with E-state index < -0.39 is 11.6 Å². The maximum Gasteiger partial charge on any atom is 0.314 e. The lowest BCUT2D eigenvalue weighted by Crippen LogP contribution is -2.46. The van der Waals surface area contributed by atoms with E-state index >= 15 is 0 Å². The van der Waals surface area contributed by atoms with Crippen LogP contribution in [-0.4, -0.2) is 17.4 Å². The molecule has 1 heterocycles. The molecule has 1 aromatic carbocycles. The van der Waals surface area contributed by atoms with Gasteiger partial charge in [-0.2, -0.15) is 0 Å². The van der Waals surface area contributed by atoms with Crippen LogP contribution in [0.25, 0.3) is 0 Å². The van der Waals surface area contributed by atoms with Crippen LogP contribution in [0.1, 0.15) is 69.4 Å². The zero-order valence-corrected chi connectivity index (χ0v) is 14.4. The fourth-order valence-electron chi connectivity index (χ4n) is 3.74. The third-order valence-electron chi connectivity index (χ3n) is 5.08. The van der Waals surface area contributed by atoms with Crippen LogP contribution in [0.3, 0.4) is 0 Å². The molecule has 0 amide bonds. The Kier molecular flexibility index (Phi) is 4.76. The molecule has 1 aliphatic heterocycles. The predicted molar refractivity (Wildman–Crippen MR) is 92.4 cm³/mol. The molecule has 0 aromatic heterocycles. The highest BCUT2D eigenvalue weighted by molar-refractivity contribution is 5.98. The minimum Gasteiger partial charge on any atom is -0.445 e. The number of ether oxygens (including phenoxy) is 1. The summed E-state index contributed by atoms with van der Waals surface area (Å²) in [5, 5.41) is 0. The van der Waals surface area contributed by atoms with Crippen LogP contribution in [0.5, 0.6) is 0 Å². The molecular formula is C21H24O3. The summed E-state index contributed by atoms with van der Waals surface area (Å²) in [4.78, 5) is 23.9. The van der Waals surface area contributed by atoms with Gasteiger partial charge in [-0.05, 0) is 42.4 Å². The van der Waals surface area contributed by atoms with Gasteiger partial charge in [0, 0.05) is 11.5 Å². The standard InChI is InChI=1S/C21H24O3/c1-15(2)17-7-5-6-16(12-17)10-11-21(18-8-3-4-9-18)14-19(22)13-20(23)24-21/h5-7,12,15,18H,3-4,8-9,13-14H2,1-2H3. The lowest BCUT2D eigenvalue weighted by molar-refractivity contribution is -0.168. The summed E-state index contributed by atoms with van der Waals surface area (Å²) in [6, 6.07) is 8.13. The molecule has 126 valence electrons. The summed E-state index contributed by atoms with van der Waals surface area (Å²) in [6.45, 7) is 4.29. The molecule has 0 spiro atoms. The van der Waals surface area contributed by atoms with Gasteiger partial charge >= 0.3 is 5.97 Å². The first-order valence-electron chi connectivity index (χ1n) is 8.85. The summed E-state index contributed by atoms with van der Waals surface area (Å²) >= 11 is 0. The molecular weight excluding hydrogens is 300 g/mol. The van der Waals surface area contributed by atoms with Crippen molar-refractivity contribution in [3.63, 3.8) is 0 Å². The van der Waals surface area contributed by atoms with E-state index in [0.29, 0.717) is 5.92 Å². The first-order chi connectivity index (χ1) is 11.5. The smallest absolute Gasteiger partial charge is 0.314 e. The van der Waals surface area contributed by atoms with Crippen LogP contribution in [-0.2, 0) is 14.3 Å². The first kappa shape index (κ1) is 16.8. The Hall–Kier alpha value is -2.08. The molecule has 2 aliphatic rings. The number of Topliss-reactive ketones (excluding diaryl/α,β-unsaturated/α-hetero) is 1. The van der Waals surface area contributed by atoms with Crippen molar-refractivity contribution in [2.45, 2.75) is 63.9 Å². The summed E-state index contributed by atoms with van der Waals surface area (Å²) in [5.41, 5.74) is 1.22. The van der Waals surface area contributed by atoms with Gasteiger partial charge in [0.2, 0.25) is 0 Å². The van der Waals surface area contributed by atoms with E-state index in [4.69, 9.17) is 4.74 Å². The number of carbonyl (C=O) groups excluding carboxylic acids is 2. The van der Waals surface area contributed by atoms with E-state index in [0.717, 1.165) is 31.2 Å². The van der Waals surface area contributed by atoms with Gasteiger partial charge < -0.3 is 4.74 Å². The quantitative estimate of drug-likeness (QED) is 0.469. The minimum atomic E-state index is -0.920. The SMILES string of the molecule is CC(C)c1cccc(C#CC2(C3CCCC3)CC(=O)CC(=O)O2)c1. The van der Waals surface area contributed by atoms with E-state index in [1.165, 1.54) is 5.56 Å². The highest BCUT2D eigenvalue weighted by Crippen LogP contribution is 2.40. The molecule has 1 unspecified atom stereocenters. The van der Waals surface area contributed by atoms with Crippen LogP contribution in [0.4, 0.5) is 0 Å². The van der Waals surface area contributed by atoms with Crippen molar-refractivity contribution < 1.29 is 14.3 Å². The van der Waals surface area contributed by atoms with Gasteiger partial charge in [-0.25, -0.2) is 0 Å². The molecule has 1 atom stereocenters. The Labute approximate surface area is 143 Å².